The molecule has 1 N–H and O–H groups in total. The van der Waals surface area contributed by atoms with Gasteiger partial charge in [0.2, 0.25) is 0 Å². The summed E-state index contributed by atoms with van der Waals surface area (Å²) < 4.78 is 0. The highest BCUT2D eigenvalue weighted by Gasteiger charge is 2.20. The molecule has 0 aliphatic carbocycles. The number of carbonyl (C=O) groups excluding carboxylic acids is 1. The molecule has 0 saturated heterocycles. The SMILES string of the molecule is O=C1C=C/C(=C2/N=c3c([N+](=O)[O-])c[nH]c(=O)c3=N2)N=N1. The Balaban J connectivity index is 2.30. The van der Waals surface area contributed by atoms with E-state index in [1.54, 1.807) is 0 Å². The van der Waals surface area contributed by atoms with Gasteiger partial charge < -0.3 is 4.98 Å². The highest BCUT2D eigenvalue weighted by molar-refractivity contribution is 5.89. The molecule has 0 bridgehead atoms. The molecule has 0 aromatic carbocycles. The Morgan fingerprint density at radius 3 is 2.50 bits per heavy atom. The van der Waals surface area contributed by atoms with Crippen LogP contribution >= 0.6 is 0 Å². The topological polar surface area (TPSA) is 143 Å². The van der Waals surface area contributed by atoms with Crippen molar-refractivity contribution in [3.8, 4) is 0 Å². The van der Waals surface area contributed by atoms with E-state index >= 15 is 0 Å². The van der Waals surface area contributed by atoms with Gasteiger partial charge in [0.25, 0.3) is 11.5 Å². The van der Waals surface area contributed by atoms with Crippen molar-refractivity contribution >= 4 is 11.6 Å². The smallest absolute Gasteiger partial charge is 0.313 e. The summed E-state index contributed by atoms with van der Waals surface area (Å²) in [5, 5.41) is 17.4. The molecule has 10 heteroatoms. The van der Waals surface area contributed by atoms with E-state index in [-0.39, 0.29) is 27.9 Å². The van der Waals surface area contributed by atoms with Gasteiger partial charge in [-0.05, 0) is 6.08 Å². The van der Waals surface area contributed by atoms with Crippen LogP contribution in [0.5, 0.6) is 0 Å². The number of aromatic amines is 1. The minimum Gasteiger partial charge on any atom is -0.321 e. The van der Waals surface area contributed by atoms with E-state index < -0.39 is 16.4 Å². The van der Waals surface area contributed by atoms with Gasteiger partial charge in [-0.15, -0.1) is 10.2 Å². The number of carbonyl (C=O) groups is 1. The number of H-pyrrole nitrogens is 1. The Morgan fingerprint density at radius 2 is 1.85 bits per heavy atom. The number of pyridine rings is 1. The third-order valence-corrected chi connectivity index (χ3v) is 2.52. The first kappa shape index (κ1) is 11.8. The van der Waals surface area contributed by atoms with Crippen LogP contribution in [0, 0.1) is 10.1 Å². The molecular weight excluding hydrogens is 268 g/mol. The molecule has 3 rings (SSSR count). The van der Waals surface area contributed by atoms with Crippen molar-refractivity contribution in [2.45, 2.75) is 0 Å². The lowest BCUT2D eigenvalue weighted by Crippen LogP contribution is -2.39. The van der Waals surface area contributed by atoms with Crippen molar-refractivity contribution < 1.29 is 9.72 Å². The molecular formula is C10H4N6O4. The zero-order chi connectivity index (χ0) is 14.3. The number of nitro groups is 1. The van der Waals surface area contributed by atoms with E-state index in [0.29, 0.717) is 0 Å². The molecule has 0 fully saturated rings. The number of hydrogen-bond acceptors (Lipinski definition) is 7. The van der Waals surface area contributed by atoms with Gasteiger partial charge in [-0.2, -0.15) is 0 Å². The first-order chi connectivity index (χ1) is 9.56. The van der Waals surface area contributed by atoms with Gasteiger partial charge in [0.05, 0.1) is 11.1 Å². The minimum absolute atomic E-state index is 0.00713. The summed E-state index contributed by atoms with van der Waals surface area (Å²) >= 11 is 0. The van der Waals surface area contributed by atoms with Crippen LogP contribution in [0.1, 0.15) is 0 Å². The third kappa shape index (κ3) is 1.75. The molecule has 0 radical (unpaired) electrons. The number of nitrogens with zero attached hydrogens (tertiary/aromatic N) is 5. The molecule has 2 aliphatic heterocycles. The molecule has 3 heterocycles. The maximum absolute atomic E-state index is 11.6. The van der Waals surface area contributed by atoms with Gasteiger partial charge in [-0.3, -0.25) is 19.7 Å². The molecule has 0 unspecified atom stereocenters. The standard InChI is InChI=1S/C10H4N6O4/c17-6-2-1-4(14-15-6)9-12-7-5(16(19)20)3-11-10(18)8(7)13-9/h1-3H,(H,11,18)/b9-4+. The van der Waals surface area contributed by atoms with Crippen LogP contribution in [0.15, 0.2) is 54.9 Å². The van der Waals surface area contributed by atoms with Crippen LogP contribution in [-0.2, 0) is 4.79 Å². The van der Waals surface area contributed by atoms with Crippen LogP contribution in [0.4, 0.5) is 5.69 Å². The molecule has 1 amide bonds. The molecule has 0 atom stereocenters. The van der Waals surface area contributed by atoms with E-state index in [0.717, 1.165) is 12.3 Å². The maximum atomic E-state index is 11.6. The van der Waals surface area contributed by atoms with Crippen molar-refractivity contribution in [1.82, 2.24) is 4.98 Å². The summed E-state index contributed by atoms with van der Waals surface area (Å²) in [4.78, 5) is 42.7. The van der Waals surface area contributed by atoms with Crippen LogP contribution in [0.25, 0.3) is 0 Å². The molecule has 20 heavy (non-hydrogen) atoms. The second-order valence-corrected chi connectivity index (χ2v) is 3.76. The first-order valence-corrected chi connectivity index (χ1v) is 5.28. The van der Waals surface area contributed by atoms with Crippen molar-refractivity contribution in [2.75, 3.05) is 0 Å². The number of rotatable bonds is 1. The normalized spacial score (nSPS) is 19.5. The van der Waals surface area contributed by atoms with Gasteiger partial charge in [-0.1, -0.05) is 0 Å². The second-order valence-electron chi connectivity index (χ2n) is 3.76. The van der Waals surface area contributed by atoms with E-state index in [1.807, 2.05) is 0 Å². The molecule has 1 aromatic heterocycles. The van der Waals surface area contributed by atoms with Crippen LogP contribution < -0.4 is 16.3 Å². The lowest BCUT2D eigenvalue weighted by atomic mass is 10.3. The van der Waals surface area contributed by atoms with E-state index in [1.165, 1.54) is 6.08 Å². The monoisotopic (exact) mass is 272 g/mol. The fraction of sp³-hybridized carbons (Fsp3) is 0. The Morgan fingerprint density at radius 1 is 1.10 bits per heavy atom. The van der Waals surface area contributed by atoms with Crippen molar-refractivity contribution in [3.05, 3.63) is 61.0 Å². The highest BCUT2D eigenvalue weighted by atomic mass is 16.6. The maximum Gasteiger partial charge on any atom is 0.313 e. The summed E-state index contributed by atoms with van der Waals surface area (Å²) in [6, 6.07) is 0. The van der Waals surface area contributed by atoms with Crippen LogP contribution in [-0.4, -0.2) is 15.8 Å². The lowest BCUT2D eigenvalue weighted by Gasteiger charge is -1.97. The number of nitrogens with one attached hydrogen (secondary N) is 1. The van der Waals surface area contributed by atoms with Crippen LogP contribution in [0.3, 0.4) is 0 Å². The number of amides is 1. The zero-order valence-electron chi connectivity index (χ0n) is 9.60. The fourth-order valence-corrected chi connectivity index (χ4v) is 1.64. The second kappa shape index (κ2) is 4.12. The van der Waals surface area contributed by atoms with E-state index in [2.05, 4.69) is 25.2 Å². The summed E-state index contributed by atoms with van der Waals surface area (Å²) in [5.41, 5.74) is -0.820. The van der Waals surface area contributed by atoms with Crippen LogP contribution in [0.2, 0.25) is 0 Å². The summed E-state index contributed by atoms with van der Waals surface area (Å²) in [7, 11) is 0. The summed E-state index contributed by atoms with van der Waals surface area (Å²) in [6.07, 6.45) is 3.43. The van der Waals surface area contributed by atoms with Gasteiger partial charge in [-0.25, -0.2) is 9.98 Å². The third-order valence-electron chi connectivity index (χ3n) is 2.52. The molecule has 0 saturated carbocycles. The Kier molecular flexibility index (Phi) is 2.42. The Labute approximate surface area is 108 Å². The summed E-state index contributed by atoms with van der Waals surface area (Å²) in [5.74, 6) is -0.541. The Bertz CT molecular complexity index is 902. The average molecular weight is 272 g/mol. The molecule has 1 aromatic rings. The zero-order valence-corrected chi connectivity index (χ0v) is 9.60. The van der Waals surface area contributed by atoms with Gasteiger partial charge in [0.1, 0.15) is 5.70 Å². The minimum atomic E-state index is -0.677. The van der Waals surface area contributed by atoms with Crippen molar-refractivity contribution in [3.63, 3.8) is 0 Å². The highest BCUT2D eigenvalue weighted by Crippen LogP contribution is 2.15. The number of allylic oxidation sites excluding steroid dienone is 1. The summed E-state index contributed by atoms with van der Waals surface area (Å²) in [6.45, 7) is 0. The van der Waals surface area contributed by atoms with E-state index in [9.17, 15) is 19.7 Å². The van der Waals surface area contributed by atoms with Crippen molar-refractivity contribution in [2.24, 2.45) is 20.2 Å². The average Bonchev–Trinajstić information content (AvgIpc) is 2.85. The molecule has 2 aliphatic rings. The van der Waals surface area contributed by atoms with Gasteiger partial charge >= 0.3 is 5.69 Å². The van der Waals surface area contributed by atoms with Gasteiger partial charge in [0, 0.05) is 6.08 Å². The van der Waals surface area contributed by atoms with E-state index in [4.69, 9.17) is 0 Å². The molecule has 0 spiro atoms. The number of hydrogen-bond donors (Lipinski definition) is 1. The first-order valence-electron chi connectivity index (χ1n) is 5.28. The predicted molar refractivity (Wildman–Crippen MR) is 62.1 cm³/mol. The predicted octanol–water partition coefficient (Wildman–Crippen LogP) is -0.746. The Hall–Kier alpha value is -3.30. The van der Waals surface area contributed by atoms with Gasteiger partial charge in [0.15, 0.2) is 16.5 Å². The molecule has 10 nitrogen and oxygen atoms in total. The number of azo groups is 1. The number of aromatic nitrogens is 1. The molecule has 98 valence electrons. The lowest BCUT2D eigenvalue weighted by molar-refractivity contribution is -0.386. The largest absolute Gasteiger partial charge is 0.321 e. The fourth-order valence-electron chi connectivity index (χ4n) is 1.64. The quantitative estimate of drug-likeness (QED) is 0.530. The van der Waals surface area contributed by atoms with Crippen molar-refractivity contribution in [1.29, 1.82) is 0 Å². The number of fused-ring (bicyclic) bond motifs is 1.